The quantitative estimate of drug-likeness (QED) is 0.893. The van der Waals surface area contributed by atoms with Crippen LogP contribution in [0.3, 0.4) is 0 Å². The summed E-state index contributed by atoms with van der Waals surface area (Å²) in [4.78, 5) is 11.6. The molecule has 1 aromatic carbocycles. The van der Waals surface area contributed by atoms with Gasteiger partial charge >= 0.3 is 0 Å². The molecule has 1 aliphatic carbocycles. The number of carbonyl (C=O) groups excluding carboxylic acids is 1. The van der Waals surface area contributed by atoms with Crippen molar-refractivity contribution in [3.05, 3.63) is 30.0 Å². The molecule has 1 aliphatic rings. The minimum atomic E-state index is 0.133. The van der Waals surface area contributed by atoms with Gasteiger partial charge in [-0.05, 0) is 31.9 Å². The van der Waals surface area contributed by atoms with Crippen molar-refractivity contribution >= 4 is 16.8 Å². The molecule has 0 atom stereocenters. The van der Waals surface area contributed by atoms with Crippen LogP contribution in [0.25, 0.3) is 10.9 Å². The molecular formula is C14H17N3O. The summed E-state index contributed by atoms with van der Waals surface area (Å²) in [5, 5.41) is 8.47. The molecule has 0 bridgehead atoms. The van der Waals surface area contributed by atoms with Gasteiger partial charge in [-0.3, -0.25) is 9.48 Å². The SMILES string of the molecule is Cc1ccc2c(cnn2CCC(=O)NC2CC2)c1. The normalized spacial score (nSPS) is 14.9. The van der Waals surface area contributed by atoms with Crippen LogP contribution >= 0.6 is 0 Å². The van der Waals surface area contributed by atoms with Crippen molar-refractivity contribution in [2.75, 3.05) is 0 Å². The third-order valence-electron chi connectivity index (χ3n) is 3.29. The van der Waals surface area contributed by atoms with E-state index in [-0.39, 0.29) is 5.91 Å². The number of fused-ring (bicyclic) bond motifs is 1. The molecule has 2 aromatic rings. The van der Waals surface area contributed by atoms with Crippen molar-refractivity contribution in [2.24, 2.45) is 0 Å². The Morgan fingerprint density at radius 1 is 1.50 bits per heavy atom. The van der Waals surface area contributed by atoms with Crippen molar-refractivity contribution < 1.29 is 4.79 Å². The second-order valence-electron chi connectivity index (χ2n) is 5.02. The van der Waals surface area contributed by atoms with Crippen LogP contribution in [-0.2, 0) is 11.3 Å². The number of aryl methyl sites for hydroxylation is 2. The first-order valence-electron chi connectivity index (χ1n) is 6.44. The Morgan fingerprint density at radius 3 is 3.11 bits per heavy atom. The first-order chi connectivity index (χ1) is 8.72. The highest BCUT2D eigenvalue weighted by Gasteiger charge is 2.22. The molecule has 18 heavy (non-hydrogen) atoms. The first-order valence-corrected chi connectivity index (χ1v) is 6.44. The fourth-order valence-electron chi connectivity index (χ4n) is 2.12. The van der Waals surface area contributed by atoms with E-state index in [9.17, 15) is 4.79 Å². The zero-order valence-corrected chi connectivity index (χ0v) is 10.5. The summed E-state index contributed by atoms with van der Waals surface area (Å²) < 4.78 is 1.90. The van der Waals surface area contributed by atoms with Gasteiger partial charge < -0.3 is 5.32 Å². The van der Waals surface area contributed by atoms with E-state index in [2.05, 4.69) is 35.5 Å². The van der Waals surface area contributed by atoms with E-state index in [1.165, 1.54) is 5.56 Å². The van der Waals surface area contributed by atoms with Crippen molar-refractivity contribution in [2.45, 2.75) is 38.8 Å². The molecule has 0 unspecified atom stereocenters. The molecule has 94 valence electrons. The lowest BCUT2D eigenvalue weighted by atomic mass is 10.2. The number of aromatic nitrogens is 2. The molecule has 3 rings (SSSR count). The minimum absolute atomic E-state index is 0.133. The lowest BCUT2D eigenvalue weighted by molar-refractivity contribution is -0.121. The van der Waals surface area contributed by atoms with Gasteiger partial charge in [-0.25, -0.2) is 0 Å². The fraction of sp³-hybridized carbons (Fsp3) is 0.429. The van der Waals surface area contributed by atoms with Gasteiger partial charge in [0.05, 0.1) is 18.3 Å². The summed E-state index contributed by atoms with van der Waals surface area (Å²) in [6.45, 7) is 2.71. The second kappa shape index (κ2) is 4.44. The van der Waals surface area contributed by atoms with Crippen LogP contribution in [0.5, 0.6) is 0 Å². The molecule has 0 aliphatic heterocycles. The van der Waals surface area contributed by atoms with Crippen LogP contribution in [0, 0.1) is 6.92 Å². The van der Waals surface area contributed by atoms with Crippen LogP contribution in [0.1, 0.15) is 24.8 Å². The van der Waals surface area contributed by atoms with Gasteiger partial charge in [-0.15, -0.1) is 0 Å². The van der Waals surface area contributed by atoms with E-state index in [0.29, 0.717) is 19.0 Å². The van der Waals surface area contributed by atoms with E-state index < -0.39 is 0 Å². The second-order valence-corrected chi connectivity index (χ2v) is 5.02. The van der Waals surface area contributed by atoms with Crippen molar-refractivity contribution in [1.29, 1.82) is 0 Å². The van der Waals surface area contributed by atoms with Gasteiger partial charge in [0.15, 0.2) is 0 Å². The van der Waals surface area contributed by atoms with Crippen LogP contribution in [0.4, 0.5) is 0 Å². The monoisotopic (exact) mass is 243 g/mol. The molecule has 1 aromatic heterocycles. The lowest BCUT2D eigenvalue weighted by Gasteiger charge is -2.05. The summed E-state index contributed by atoms with van der Waals surface area (Å²) in [5.41, 5.74) is 2.33. The highest BCUT2D eigenvalue weighted by atomic mass is 16.1. The molecule has 4 heteroatoms. The number of nitrogens with zero attached hydrogens (tertiary/aromatic N) is 2. The zero-order valence-electron chi connectivity index (χ0n) is 10.5. The average Bonchev–Trinajstić information content (AvgIpc) is 3.06. The van der Waals surface area contributed by atoms with Gasteiger partial charge in [0, 0.05) is 17.8 Å². The van der Waals surface area contributed by atoms with Crippen molar-refractivity contribution in [3.63, 3.8) is 0 Å². The lowest BCUT2D eigenvalue weighted by Crippen LogP contribution is -2.26. The molecule has 0 spiro atoms. The predicted molar refractivity (Wildman–Crippen MR) is 70.3 cm³/mol. The molecule has 1 N–H and O–H groups in total. The molecule has 0 saturated heterocycles. The number of hydrogen-bond donors (Lipinski definition) is 1. The number of carbonyl (C=O) groups is 1. The van der Waals surface area contributed by atoms with E-state index in [4.69, 9.17) is 0 Å². The molecule has 1 saturated carbocycles. The van der Waals surface area contributed by atoms with Crippen LogP contribution in [-0.4, -0.2) is 21.7 Å². The standard InChI is InChI=1S/C14H17N3O/c1-10-2-5-13-11(8-10)9-15-17(13)7-6-14(18)16-12-3-4-12/h2,5,8-9,12H,3-4,6-7H2,1H3,(H,16,18). The number of hydrogen-bond acceptors (Lipinski definition) is 2. The van der Waals surface area contributed by atoms with E-state index in [1.54, 1.807) is 0 Å². The topological polar surface area (TPSA) is 46.9 Å². The Bertz CT molecular complexity index is 584. The van der Waals surface area contributed by atoms with Crippen LogP contribution < -0.4 is 5.32 Å². The Hall–Kier alpha value is -1.84. The number of nitrogens with one attached hydrogen (secondary N) is 1. The Labute approximate surface area is 106 Å². The largest absolute Gasteiger partial charge is 0.353 e. The summed E-state index contributed by atoms with van der Waals surface area (Å²) in [6, 6.07) is 6.69. The molecule has 1 heterocycles. The molecule has 1 amide bonds. The van der Waals surface area contributed by atoms with E-state index in [1.807, 2.05) is 10.9 Å². The highest BCUT2D eigenvalue weighted by molar-refractivity contribution is 5.80. The maximum absolute atomic E-state index is 11.6. The summed E-state index contributed by atoms with van der Waals surface area (Å²) in [5.74, 6) is 0.133. The third kappa shape index (κ3) is 2.37. The van der Waals surface area contributed by atoms with Gasteiger partial charge in [0.1, 0.15) is 0 Å². The maximum Gasteiger partial charge on any atom is 0.222 e. The van der Waals surface area contributed by atoms with Gasteiger partial charge in [-0.1, -0.05) is 11.6 Å². The van der Waals surface area contributed by atoms with E-state index >= 15 is 0 Å². The summed E-state index contributed by atoms with van der Waals surface area (Å²) in [6.07, 6.45) is 4.63. The summed E-state index contributed by atoms with van der Waals surface area (Å²) >= 11 is 0. The third-order valence-corrected chi connectivity index (χ3v) is 3.29. The number of rotatable bonds is 4. The maximum atomic E-state index is 11.6. The Kier molecular flexibility index (Phi) is 2.78. The predicted octanol–water partition coefficient (Wildman–Crippen LogP) is 2.01. The highest BCUT2D eigenvalue weighted by Crippen LogP contribution is 2.19. The Morgan fingerprint density at radius 2 is 2.33 bits per heavy atom. The van der Waals surface area contributed by atoms with Gasteiger partial charge in [0.2, 0.25) is 5.91 Å². The fourth-order valence-corrected chi connectivity index (χ4v) is 2.12. The van der Waals surface area contributed by atoms with Crippen LogP contribution in [0.2, 0.25) is 0 Å². The number of benzene rings is 1. The molecular weight excluding hydrogens is 226 g/mol. The molecule has 0 radical (unpaired) electrons. The van der Waals surface area contributed by atoms with Crippen molar-refractivity contribution in [3.8, 4) is 0 Å². The molecule has 4 nitrogen and oxygen atoms in total. The Balaban J connectivity index is 1.68. The zero-order chi connectivity index (χ0) is 12.5. The van der Waals surface area contributed by atoms with E-state index in [0.717, 1.165) is 23.7 Å². The molecule has 1 fully saturated rings. The average molecular weight is 243 g/mol. The minimum Gasteiger partial charge on any atom is -0.353 e. The summed E-state index contributed by atoms with van der Waals surface area (Å²) in [7, 11) is 0. The van der Waals surface area contributed by atoms with Crippen LogP contribution in [0.15, 0.2) is 24.4 Å². The van der Waals surface area contributed by atoms with Crippen molar-refractivity contribution in [1.82, 2.24) is 15.1 Å². The van der Waals surface area contributed by atoms with Gasteiger partial charge in [0.25, 0.3) is 0 Å². The smallest absolute Gasteiger partial charge is 0.222 e. The number of amides is 1. The first kappa shape index (κ1) is 11.3. The van der Waals surface area contributed by atoms with Gasteiger partial charge in [-0.2, -0.15) is 5.10 Å².